The summed E-state index contributed by atoms with van der Waals surface area (Å²) < 4.78 is 0. The van der Waals surface area contributed by atoms with Gasteiger partial charge in [0, 0.05) is 32.4 Å². The minimum Gasteiger partial charge on any atom is -0.374 e. The van der Waals surface area contributed by atoms with Crippen LogP contribution in [0.3, 0.4) is 0 Å². The Morgan fingerprint density at radius 1 is 1.30 bits per heavy atom. The molecule has 0 saturated carbocycles. The van der Waals surface area contributed by atoms with E-state index in [1.165, 1.54) is 50.1 Å². The van der Waals surface area contributed by atoms with Gasteiger partial charge in [-0.3, -0.25) is 4.90 Å². The van der Waals surface area contributed by atoms with Gasteiger partial charge in [-0.2, -0.15) is 0 Å². The summed E-state index contributed by atoms with van der Waals surface area (Å²) in [5.41, 5.74) is 4.47. The zero-order valence-corrected chi connectivity index (χ0v) is 12.9. The lowest BCUT2D eigenvalue weighted by molar-refractivity contribution is 0.315. The summed E-state index contributed by atoms with van der Waals surface area (Å²) >= 11 is 0. The van der Waals surface area contributed by atoms with Crippen LogP contribution in [0.5, 0.6) is 0 Å². The number of nitrogens with zero attached hydrogens (tertiary/aromatic N) is 2. The van der Waals surface area contributed by atoms with Gasteiger partial charge in [0.15, 0.2) is 0 Å². The molecule has 0 amide bonds. The van der Waals surface area contributed by atoms with Gasteiger partial charge in [0.2, 0.25) is 0 Å². The third-order valence-corrected chi connectivity index (χ3v) is 4.76. The number of benzene rings is 1. The second-order valence-electron chi connectivity index (χ2n) is 6.44. The first kappa shape index (κ1) is 13.9. The van der Waals surface area contributed by atoms with Crippen molar-refractivity contribution in [2.75, 3.05) is 45.2 Å². The molecule has 1 saturated heterocycles. The molecule has 1 unspecified atom stereocenters. The maximum Gasteiger partial charge on any atom is 0.0396 e. The van der Waals surface area contributed by atoms with Gasteiger partial charge in [0.25, 0.3) is 0 Å². The maximum absolute atomic E-state index is 3.31. The van der Waals surface area contributed by atoms with Crippen LogP contribution in [0.2, 0.25) is 0 Å². The molecule has 3 heteroatoms. The summed E-state index contributed by atoms with van der Waals surface area (Å²) in [7, 11) is 4.27. The molecule has 1 aromatic carbocycles. The van der Waals surface area contributed by atoms with Gasteiger partial charge >= 0.3 is 0 Å². The lowest BCUT2D eigenvalue weighted by Crippen LogP contribution is -2.26. The number of rotatable bonds is 4. The van der Waals surface area contributed by atoms with Crippen LogP contribution in [-0.2, 0) is 13.0 Å². The van der Waals surface area contributed by atoms with E-state index in [9.17, 15) is 0 Å². The van der Waals surface area contributed by atoms with Crippen LogP contribution in [0, 0.1) is 5.92 Å². The van der Waals surface area contributed by atoms with Crippen molar-refractivity contribution in [3.8, 4) is 0 Å². The molecule has 110 valence electrons. The number of likely N-dealkylation sites (tertiary alicyclic amines) is 1. The average molecular weight is 273 g/mol. The van der Waals surface area contributed by atoms with Gasteiger partial charge in [0.05, 0.1) is 0 Å². The molecule has 20 heavy (non-hydrogen) atoms. The lowest BCUT2D eigenvalue weighted by atomic mass is 9.99. The van der Waals surface area contributed by atoms with Crippen LogP contribution >= 0.6 is 0 Å². The minimum absolute atomic E-state index is 0.837. The summed E-state index contributed by atoms with van der Waals surface area (Å²) in [6, 6.07) is 7.09. The fourth-order valence-corrected chi connectivity index (χ4v) is 3.71. The molecular formula is C17H27N3. The van der Waals surface area contributed by atoms with Crippen molar-refractivity contribution in [1.29, 1.82) is 0 Å². The van der Waals surface area contributed by atoms with Crippen LogP contribution in [0.25, 0.3) is 0 Å². The van der Waals surface area contributed by atoms with Crippen molar-refractivity contribution in [3.05, 3.63) is 29.3 Å². The Labute approximate surface area is 123 Å². The molecule has 1 fully saturated rings. The van der Waals surface area contributed by atoms with Crippen LogP contribution in [0.1, 0.15) is 24.0 Å². The third-order valence-electron chi connectivity index (χ3n) is 4.76. The summed E-state index contributed by atoms with van der Waals surface area (Å²) in [6.07, 6.45) is 3.88. The van der Waals surface area contributed by atoms with Crippen molar-refractivity contribution >= 4 is 5.69 Å². The first-order chi connectivity index (χ1) is 9.76. The van der Waals surface area contributed by atoms with Crippen molar-refractivity contribution in [3.63, 3.8) is 0 Å². The largest absolute Gasteiger partial charge is 0.374 e. The molecule has 0 spiro atoms. The first-order valence-electron chi connectivity index (χ1n) is 7.96. The second-order valence-corrected chi connectivity index (χ2v) is 6.44. The quantitative estimate of drug-likeness (QED) is 0.906. The van der Waals surface area contributed by atoms with Gasteiger partial charge in [-0.05, 0) is 62.5 Å². The summed E-state index contributed by atoms with van der Waals surface area (Å²) in [5, 5.41) is 3.31. The molecule has 1 atom stereocenters. The Balaban J connectivity index is 1.64. The normalized spacial score (nSPS) is 23.1. The SMILES string of the molecule is CNCC1CCN(Cc2ccc3c(c2)CCCN3C)C1. The van der Waals surface area contributed by atoms with Crippen molar-refractivity contribution in [1.82, 2.24) is 10.2 Å². The van der Waals surface area contributed by atoms with E-state index < -0.39 is 0 Å². The molecule has 2 aliphatic rings. The molecule has 2 heterocycles. The van der Waals surface area contributed by atoms with Crippen molar-refractivity contribution in [2.24, 2.45) is 5.92 Å². The molecule has 0 aliphatic carbocycles. The Morgan fingerprint density at radius 2 is 2.20 bits per heavy atom. The van der Waals surface area contributed by atoms with Crippen molar-refractivity contribution < 1.29 is 0 Å². The molecule has 3 nitrogen and oxygen atoms in total. The van der Waals surface area contributed by atoms with E-state index in [0.29, 0.717) is 0 Å². The number of hydrogen-bond acceptors (Lipinski definition) is 3. The topological polar surface area (TPSA) is 18.5 Å². The molecule has 0 radical (unpaired) electrons. The fourth-order valence-electron chi connectivity index (χ4n) is 3.71. The van der Waals surface area contributed by atoms with E-state index in [1.807, 2.05) is 0 Å². The Morgan fingerprint density at radius 3 is 3.05 bits per heavy atom. The van der Waals surface area contributed by atoms with E-state index in [0.717, 1.165) is 19.0 Å². The lowest BCUT2D eigenvalue weighted by Gasteiger charge is -2.28. The first-order valence-corrected chi connectivity index (χ1v) is 7.96. The number of fused-ring (bicyclic) bond motifs is 1. The number of anilines is 1. The van der Waals surface area contributed by atoms with Gasteiger partial charge in [-0.15, -0.1) is 0 Å². The zero-order valence-electron chi connectivity index (χ0n) is 12.9. The van der Waals surface area contributed by atoms with E-state index in [-0.39, 0.29) is 0 Å². The highest BCUT2D eigenvalue weighted by atomic mass is 15.1. The Hall–Kier alpha value is -1.06. The second kappa shape index (κ2) is 6.15. The van der Waals surface area contributed by atoms with E-state index in [1.54, 1.807) is 5.56 Å². The standard InChI is InChI=1S/C17H27N3/c1-18-11-15-7-9-20(13-15)12-14-5-6-17-16(10-14)4-3-8-19(17)2/h5-6,10,15,18H,3-4,7-9,11-13H2,1-2H3. The van der Waals surface area contributed by atoms with Crippen molar-refractivity contribution in [2.45, 2.75) is 25.8 Å². The van der Waals surface area contributed by atoms with Crippen LogP contribution in [0.15, 0.2) is 18.2 Å². The predicted octanol–water partition coefficient (Wildman–Crippen LogP) is 2.11. The van der Waals surface area contributed by atoms with Crippen LogP contribution in [0.4, 0.5) is 5.69 Å². The maximum atomic E-state index is 3.31. The summed E-state index contributed by atoms with van der Waals surface area (Å²) in [4.78, 5) is 5.00. The predicted molar refractivity (Wildman–Crippen MR) is 85.3 cm³/mol. The van der Waals surface area contributed by atoms with Gasteiger partial charge in [-0.25, -0.2) is 0 Å². The number of nitrogens with one attached hydrogen (secondary N) is 1. The zero-order chi connectivity index (χ0) is 13.9. The molecule has 1 aromatic rings. The van der Waals surface area contributed by atoms with E-state index in [4.69, 9.17) is 0 Å². The minimum atomic E-state index is 0.837. The Kier molecular flexibility index (Phi) is 4.27. The van der Waals surface area contributed by atoms with Crippen LogP contribution < -0.4 is 10.2 Å². The fraction of sp³-hybridized carbons (Fsp3) is 0.647. The van der Waals surface area contributed by atoms with E-state index in [2.05, 4.69) is 47.4 Å². The molecule has 0 aromatic heterocycles. The average Bonchev–Trinajstić information content (AvgIpc) is 2.87. The Bertz CT molecular complexity index is 458. The van der Waals surface area contributed by atoms with Gasteiger partial charge in [0.1, 0.15) is 0 Å². The summed E-state index contributed by atoms with van der Waals surface area (Å²) in [6.45, 7) is 5.98. The van der Waals surface area contributed by atoms with Gasteiger partial charge in [-0.1, -0.05) is 12.1 Å². The smallest absolute Gasteiger partial charge is 0.0396 e. The third kappa shape index (κ3) is 2.99. The van der Waals surface area contributed by atoms with E-state index >= 15 is 0 Å². The molecule has 3 rings (SSSR count). The highest BCUT2D eigenvalue weighted by Crippen LogP contribution is 2.28. The highest BCUT2D eigenvalue weighted by Gasteiger charge is 2.22. The molecule has 1 N–H and O–H groups in total. The van der Waals surface area contributed by atoms with Gasteiger partial charge < -0.3 is 10.2 Å². The highest BCUT2D eigenvalue weighted by molar-refractivity contribution is 5.56. The van der Waals surface area contributed by atoms with Crippen LogP contribution in [-0.4, -0.2) is 45.2 Å². The molecular weight excluding hydrogens is 246 g/mol. The number of aryl methyl sites for hydroxylation is 1. The number of hydrogen-bond donors (Lipinski definition) is 1. The molecule has 2 aliphatic heterocycles. The molecule has 0 bridgehead atoms. The summed E-state index contributed by atoms with van der Waals surface area (Å²) in [5.74, 6) is 0.837. The monoisotopic (exact) mass is 273 g/mol.